The molecule has 0 radical (unpaired) electrons. The molecule has 1 fully saturated rings. The van der Waals surface area contributed by atoms with Gasteiger partial charge < -0.3 is 14.4 Å². The summed E-state index contributed by atoms with van der Waals surface area (Å²) >= 11 is 12.3. The normalized spacial score (nSPS) is 16.0. The standard InChI is InChI=1S/C22H20Cl2N4O3/c23-16-3-1-15(17(24)10-16)12-27-5-7-28(8-6-27)22(29)19-11-18(25-26-19)14-2-4-20-21(9-14)31-13-30-20/h1-4,9-11H,5-8,12-13H2,(H,25,26). The smallest absolute Gasteiger partial charge is 0.271 e. The summed E-state index contributed by atoms with van der Waals surface area (Å²) in [6.07, 6.45) is 0. The second-order valence-corrected chi connectivity index (χ2v) is 8.38. The average molecular weight is 459 g/mol. The van der Waals surface area contributed by atoms with Crippen LogP contribution in [0.25, 0.3) is 11.3 Å². The summed E-state index contributed by atoms with van der Waals surface area (Å²) < 4.78 is 10.8. The van der Waals surface area contributed by atoms with Gasteiger partial charge in [0.15, 0.2) is 11.5 Å². The molecule has 1 aromatic heterocycles. The van der Waals surface area contributed by atoms with Crippen LogP contribution in [0, 0.1) is 0 Å². The topological polar surface area (TPSA) is 70.7 Å². The van der Waals surface area contributed by atoms with E-state index in [-0.39, 0.29) is 12.7 Å². The van der Waals surface area contributed by atoms with E-state index in [9.17, 15) is 4.79 Å². The van der Waals surface area contributed by atoms with E-state index in [0.717, 1.165) is 30.8 Å². The van der Waals surface area contributed by atoms with Gasteiger partial charge in [-0.3, -0.25) is 14.8 Å². The average Bonchev–Trinajstić information content (AvgIpc) is 3.45. The molecule has 0 spiro atoms. The van der Waals surface area contributed by atoms with E-state index in [2.05, 4.69) is 15.1 Å². The molecule has 2 aliphatic rings. The number of carbonyl (C=O) groups excluding carboxylic acids is 1. The maximum atomic E-state index is 12.9. The summed E-state index contributed by atoms with van der Waals surface area (Å²) in [5, 5.41) is 8.48. The number of hydrogen-bond donors (Lipinski definition) is 1. The van der Waals surface area contributed by atoms with Gasteiger partial charge in [0.2, 0.25) is 6.79 Å². The lowest BCUT2D eigenvalue weighted by Gasteiger charge is -2.34. The van der Waals surface area contributed by atoms with Crippen molar-refractivity contribution in [3.8, 4) is 22.8 Å². The zero-order valence-electron chi connectivity index (χ0n) is 16.6. The third-order valence-electron chi connectivity index (χ3n) is 5.55. The summed E-state index contributed by atoms with van der Waals surface area (Å²) in [6, 6.07) is 12.9. The van der Waals surface area contributed by atoms with E-state index in [1.165, 1.54) is 0 Å². The van der Waals surface area contributed by atoms with Crippen molar-refractivity contribution in [2.24, 2.45) is 0 Å². The van der Waals surface area contributed by atoms with Gasteiger partial charge >= 0.3 is 0 Å². The molecule has 1 amide bonds. The zero-order chi connectivity index (χ0) is 21.4. The van der Waals surface area contributed by atoms with Gasteiger partial charge in [-0.2, -0.15) is 5.10 Å². The molecule has 0 aliphatic carbocycles. The highest BCUT2D eigenvalue weighted by Gasteiger charge is 2.24. The van der Waals surface area contributed by atoms with Crippen LogP contribution in [-0.2, 0) is 6.54 Å². The van der Waals surface area contributed by atoms with Crippen LogP contribution in [0.1, 0.15) is 16.1 Å². The third-order valence-corrected chi connectivity index (χ3v) is 6.13. The fourth-order valence-electron chi connectivity index (χ4n) is 3.81. The van der Waals surface area contributed by atoms with Crippen molar-refractivity contribution in [1.29, 1.82) is 0 Å². The van der Waals surface area contributed by atoms with Gasteiger partial charge in [-0.25, -0.2) is 0 Å². The van der Waals surface area contributed by atoms with E-state index in [1.807, 2.05) is 35.2 Å². The minimum absolute atomic E-state index is 0.0522. The van der Waals surface area contributed by atoms with Gasteiger partial charge in [0.05, 0.1) is 5.69 Å². The van der Waals surface area contributed by atoms with Crippen LogP contribution in [-0.4, -0.2) is 58.9 Å². The van der Waals surface area contributed by atoms with Crippen LogP contribution in [0.4, 0.5) is 0 Å². The quantitative estimate of drug-likeness (QED) is 0.637. The number of nitrogens with zero attached hydrogens (tertiary/aromatic N) is 3. The predicted octanol–water partition coefficient (Wildman–Crippen LogP) is 4.07. The highest BCUT2D eigenvalue weighted by molar-refractivity contribution is 6.35. The second kappa shape index (κ2) is 8.42. The Kier molecular flexibility index (Phi) is 5.48. The maximum absolute atomic E-state index is 12.9. The number of aromatic nitrogens is 2. The highest BCUT2D eigenvalue weighted by atomic mass is 35.5. The molecule has 3 aromatic rings. The number of rotatable bonds is 4. The van der Waals surface area contributed by atoms with Crippen LogP contribution in [0.15, 0.2) is 42.5 Å². The Hall–Kier alpha value is -2.74. The molecule has 160 valence electrons. The zero-order valence-corrected chi connectivity index (χ0v) is 18.1. The molecule has 0 saturated carbocycles. The summed E-state index contributed by atoms with van der Waals surface area (Å²) in [4.78, 5) is 17.1. The lowest BCUT2D eigenvalue weighted by molar-refractivity contribution is 0.0622. The van der Waals surface area contributed by atoms with Crippen LogP contribution < -0.4 is 9.47 Å². The van der Waals surface area contributed by atoms with E-state index in [1.54, 1.807) is 12.1 Å². The number of fused-ring (bicyclic) bond motifs is 1. The SMILES string of the molecule is O=C(c1cc(-c2ccc3c(c2)OCO3)n[nH]1)N1CCN(Cc2ccc(Cl)cc2Cl)CC1. The summed E-state index contributed by atoms with van der Waals surface area (Å²) in [6.45, 7) is 3.78. The number of benzene rings is 2. The molecule has 2 aromatic carbocycles. The lowest BCUT2D eigenvalue weighted by Crippen LogP contribution is -2.48. The molecular weight excluding hydrogens is 439 g/mol. The Labute approximate surface area is 189 Å². The van der Waals surface area contributed by atoms with Crippen molar-refractivity contribution < 1.29 is 14.3 Å². The Morgan fingerprint density at radius 1 is 1.00 bits per heavy atom. The highest BCUT2D eigenvalue weighted by Crippen LogP contribution is 2.35. The van der Waals surface area contributed by atoms with E-state index in [4.69, 9.17) is 32.7 Å². The van der Waals surface area contributed by atoms with E-state index in [0.29, 0.717) is 46.0 Å². The van der Waals surface area contributed by atoms with Gasteiger partial charge in [-0.05, 0) is 42.0 Å². The van der Waals surface area contributed by atoms with Gasteiger partial charge in [0.1, 0.15) is 5.69 Å². The summed E-state index contributed by atoms with van der Waals surface area (Å²) in [7, 11) is 0. The maximum Gasteiger partial charge on any atom is 0.271 e. The van der Waals surface area contributed by atoms with Gasteiger partial charge in [-0.1, -0.05) is 29.3 Å². The van der Waals surface area contributed by atoms with Crippen molar-refractivity contribution in [2.45, 2.75) is 6.54 Å². The molecule has 3 heterocycles. The molecule has 9 heteroatoms. The van der Waals surface area contributed by atoms with Crippen molar-refractivity contribution in [1.82, 2.24) is 20.0 Å². The summed E-state index contributed by atoms with van der Waals surface area (Å²) in [5.74, 6) is 1.35. The minimum atomic E-state index is -0.0522. The van der Waals surface area contributed by atoms with Crippen LogP contribution in [0.3, 0.4) is 0 Å². The Morgan fingerprint density at radius 2 is 1.81 bits per heavy atom. The fourth-order valence-corrected chi connectivity index (χ4v) is 4.27. The fraction of sp³-hybridized carbons (Fsp3) is 0.273. The number of nitrogens with one attached hydrogen (secondary N) is 1. The Bertz CT molecular complexity index is 1130. The number of aromatic amines is 1. The molecule has 0 bridgehead atoms. The molecule has 1 N–H and O–H groups in total. The second-order valence-electron chi connectivity index (χ2n) is 7.54. The molecule has 31 heavy (non-hydrogen) atoms. The molecule has 0 atom stereocenters. The van der Waals surface area contributed by atoms with Crippen LogP contribution in [0.5, 0.6) is 11.5 Å². The Morgan fingerprint density at radius 3 is 2.61 bits per heavy atom. The number of hydrogen-bond acceptors (Lipinski definition) is 5. The summed E-state index contributed by atoms with van der Waals surface area (Å²) in [5.41, 5.74) is 3.07. The number of halogens is 2. The minimum Gasteiger partial charge on any atom is -0.454 e. The van der Waals surface area contributed by atoms with Gasteiger partial charge in [-0.15, -0.1) is 0 Å². The van der Waals surface area contributed by atoms with E-state index < -0.39 is 0 Å². The molecule has 2 aliphatic heterocycles. The van der Waals surface area contributed by atoms with Crippen molar-refractivity contribution in [3.05, 3.63) is 63.8 Å². The van der Waals surface area contributed by atoms with Gasteiger partial charge in [0, 0.05) is 48.3 Å². The van der Waals surface area contributed by atoms with Crippen molar-refractivity contribution >= 4 is 29.1 Å². The molecule has 7 nitrogen and oxygen atoms in total. The molecular formula is C22H20Cl2N4O3. The predicted molar refractivity (Wildman–Crippen MR) is 118 cm³/mol. The first-order valence-corrected chi connectivity index (χ1v) is 10.7. The number of ether oxygens (including phenoxy) is 2. The van der Waals surface area contributed by atoms with Crippen LogP contribution >= 0.6 is 23.2 Å². The Balaban J connectivity index is 1.21. The first kappa shape index (κ1) is 20.2. The van der Waals surface area contributed by atoms with Crippen LogP contribution in [0.2, 0.25) is 10.0 Å². The molecule has 0 unspecified atom stereocenters. The van der Waals surface area contributed by atoms with Gasteiger partial charge in [0.25, 0.3) is 5.91 Å². The first-order chi connectivity index (χ1) is 15.1. The molecule has 5 rings (SSSR count). The van der Waals surface area contributed by atoms with Crippen molar-refractivity contribution in [3.63, 3.8) is 0 Å². The lowest BCUT2D eigenvalue weighted by atomic mass is 10.1. The molecule has 1 saturated heterocycles. The number of carbonyl (C=O) groups is 1. The number of H-pyrrole nitrogens is 1. The third kappa shape index (κ3) is 4.21. The number of amides is 1. The first-order valence-electron chi connectivity index (χ1n) is 9.98. The number of piperazine rings is 1. The van der Waals surface area contributed by atoms with Crippen molar-refractivity contribution in [2.75, 3.05) is 33.0 Å². The van der Waals surface area contributed by atoms with E-state index >= 15 is 0 Å². The largest absolute Gasteiger partial charge is 0.454 e. The monoisotopic (exact) mass is 458 g/mol.